The average molecular weight is 261 g/mol. The number of nitrogens with two attached hydrogens (primary N) is 1. The third kappa shape index (κ3) is 1.90. The number of hydrogen-bond donors (Lipinski definition) is 1. The molecule has 70 valence electrons. The molecule has 0 saturated heterocycles. The second-order valence-corrected chi connectivity index (χ2v) is 4.83. The Bertz CT molecular complexity index is 327. The monoisotopic (exact) mass is 259 g/mol. The molecule has 13 heavy (non-hydrogen) atoms. The van der Waals surface area contributed by atoms with E-state index in [1.54, 1.807) is 0 Å². The summed E-state index contributed by atoms with van der Waals surface area (Å²) in [6.45, 7) is 0.775. The third-order valence-corrected chi connectivity index (χ3v) is 3.41. The van der Waals surface area contributed by atoms with Crippen LogP contribution in [0.15, 0.2) is 22.7 Å². The van der Waals surface area contributed by atoms with E-state index in [0.29, 0.717) is 11.8 Å². The summed E-state index contributed by atoms with van der Waals surface area (Å²) in [4.78, 5) is 0. The Hall–Kier alpha value is -0.0500. The van der Waals surface area contributed by atoms with Gasteiger partial charge >= 0.3 is 0 Å². The van der Waals surface area contributed by atoms with Crippen molar-refractivity contribution in [3.05, 3.63) is 33.3 Å². The summed E-state index contributed by atoms with van der Waals surface area (Å²) in [6, 6.07) is 6.07. The lowest BCUT2D eigenvalue weighted by atomic mass is 10.1. The molecular formula is C10H11BrClN. The van der Waals surface area contributed by atoms with E-state index < -0.39 is 0 Å². The summed E-state index contributed by atoms with van der Waals surface area (Å²) in [5.74, 6) is 1.25. The number of hydrogen-bond acceptors (Lipinski definition) is 1. The first-order chi connectivity index (χ1) is 6.22. The van der Waals surface area contributed by atoms with Gasteiger partial charge in [0, 0.05) is 9.50 Å². The van der Waals surface area contributed by atoms with Crippen molar-refractivity contribution in [2.24, 2.45) is 11.7 Å². The highest BCUT2D eigenvalue weighted by Gasteiger charge is 2.37. The van der Waals surface area contributed by atoms with Gasteiger partial charge in [-0.05, 0) is 42.5 Å². The van der Waals surface area contributed by atoms with Crippen LogP contribution in [0, 0.1) is 5.92 Å². The van der Waals surface area contributed by atoms with Crippen LogP contribution in [0.1, 0.15) is 17.9 Å². The molecule has 0 amide bonds. The minimum absolute atomic E-state index is 0.602. The van der Waals surface area contributed by atoms with Gasteiger partial charge in [0.15, 0.2) is 0 Å². The summed E-state index contributed by atoms with van der Waals surface area (Å²) < 4.78 is 1.03. The van der Waals surface area contributed by atoms with Crippen molar-refractivity contribution in [3.63, 3.8) is 0 Å². The third-order valence-electron chi connectivity index (χ3n) is 2.59. The van der Waals surface area contributed by atoms with Gasteiger partial charge in [0.05, 0.1) is 0 Å². The van der Waals surface area contributed by atoms with Crippen molar-refractivity contribution in [1.82, 2.24) is 0 Å². The summed E-state index contributed by atoms with van der Waals surface area (Å²) in [5.41, 5.74) is 6.84. The standard InChI is InChI=1S/C10H11BrClN/c11-7-1-2-8(10(12)4-7)9-3-6(9)5-13/h1-2,4,6,9H,3,5,13H2/t6-,9+/m0/s1. The van der Waals surface area contributed by atoms with E-state index in [1.165, 1.54) is 12.0 Å². The zero-order chi connectivity index (χ0) is 9.42. The molecule has 2 atom stereocenters. The Morgan fingerprint density at radius 3 is 2.85 bits per heavy atom. The molecule has 0 radical (unpaired) electrons. The largest absolute Gasteiger partial charge is 0.330 e. The van der Waals surface area contributed by atoms with Gasteiger partial charge in [0.25, 0.3) is 0 Å². The fraction of sp³-hybridized carbons (Fsp3) is 0.400. The number of rotatable bonds is 2. The van der Waals surface area contributed by atoms with Crippen LogP contribution in [0.3, 0.4) is 0 Å². The van der Waals surface area contributed by atoms with Gasteiger partial charge in [-0.25, -0.2) is 0 Å². The van der Waals surface area contributed by atoms with Crippen molar-refractivity contribution in [3.8, 4) is 0 Å². The lowest BCUT2D eigenvalue weighted by Crippen LogP contribution is -2.02. The number of benzene rings is 1. The molecule has 3 heteroatoms. The minimum atomic E-state index is 0.602. The molecule has 1 aromatic rings. The molecule has 0 spiro atoms. The zero-order valence-electron chi connectivity index (χ0n) is 7.13. The molecule has 1 fully saturated rings. The normalized spacial score (nSPS) is 26.1. The Morgan fingerprint density at radius 2 is 2.31 bits per heavy atom. The lowest BCUT2D eigenvalue weighted by Gasteiger charge is -2.02. The van der Waals surface area contributed by atoms with E-state index in [-0.39, 0.29) is 0 Å². The quantitative estimate of drug-likeness (QED) is 0.868. The topological polar surface area (TPSA) is 26.0 Å². The first-order valence-corrected chi connectivity index (χ1v) is 5.54. The van der Waals surface area contributed by atoms with E-state index in [0.717, 1.165) is 16.0 Å². The van der Waals surface area contributed by atoms with Gasteiger partial charge in [-0.3, -0.25) is 0 Å². The van der Waals surface area contributed by atoms with Crippen LogP contribution in [0.2, 0.25) is 5.02 Å². The van der Waals surface area contributed by atoms with E-state index in [9.17, 15) is 0 Å². The van der Waals surface area contributed by atoms with Crippen molar-refractivity contribution in [2.45, 2.75) is 12.3 Å². The average Bonchev–Trinajstić information content (AvgIpc) is 2.83. The van der Waals surface area contributed by atoms with E-state index in [1.807, 2.05) is 12.1 Å². The minimum Gasteiger partial charge on any atom is -0.330 e. The second kappa shape index (κ2) is 3.60. The molecule has 0 unspecified atom stereocenters. The van der Waals surface area contributed by atoms with Crippen LogP contribution in [0.4, 0.5) is 0 Å². The van der Waals surface area contributed by atoms with Crippen LogP contribution in [-0.4, -0.2) is 6.54 Å². The predicted molar refractivity (Wildman–Crippen MR) is 59.1 cm³/mol. The van der Waals surface area contributed by atoms with E-state index in [4.69, 9.17) is 17.3 Å². The zero-order valence-corrected chi connectivity index (χ0v) is 9.48. The van der Waals surface area contributed by atoms with Gasteiger partial charge in [0.1, 0.15) is 0 Å². The van der Waals surface area contributed by atoms with E-state index >= 15 is 0 Å². The summed E-state index contributed by atoms with van der Waals surface area (Å²) in [6.07, 6.45) is 1.19. The lowest BCUT2D eigenvalue weighted by molar-refractivity contribution is 0.810. The molecule has 1 aromatic carbocycles. The Balaban J connectivity index is 2.22. The SMILES string of the molecule is NC[C@@H]1C[C@H]1c1ccc(Br)cc1Cl. The van der Waals surface area contributed by atoms with Crippen LogP contribution in [0.25, 0.3) is 0 Å². The van der Waals surface area contributed by atoms with Gasteiger partial charge in [0.2, 0.25) is 0 Å². The van der Waals surface area contributed by atoms with Gasteiger partial charge in [-0.2, -0.15) is 0 Å². The Morgan fingerprint density at radius 1 is 1.54 bits per heavy atom. The molecule has 1 aliphatic carbocycles. The van der Waals surface area contributed by atoms with Gasteiger partial charge in [-0.15, -0.1) is 0 Å². The first-order valence-electron chi connectivity index (χ1n) is 4.37. The van der Waals surface area contributed by atoms with Gasteiger partial charge < -0.3 is 5.73 Å². The van der Waals surface area contributed by atoms with Crippen LogP contribution in [-0.2, 0) is 0 Å². The predicted octanol–water partition coefficient (Wildman–Crippen LogP) is 3.16. The highest BCUT2D eigenvalue weighted by Crippen LogP contribution is 2.49. The molecule has 2 N–H and O–H groups in total. The first kappa shape index (κ1) is 9.50. The van der Waals surface area contributed by atoms with Crippen LogP contribution >= 0.6 is 27.5 Å². The highest BCUT2D eigenvalue weighted by molar-refractivity contribution is 9.10. The smallest absolute Gasteiger partial charge is 0.0452 e. The fourth-order valence-electron chi connectivity index (χ4n) is 1.69. The Labute approximate surface area is 91.4 Å². The molecule has 0 aliphatic heterocycles. The summed E-state index contributed by atoms with van der Waals surface area (Å²) in [5, 5.41) is 0.857. The van der Waals surface area contributed by atoms with Crippen molar-refractivity contribution >= 4 is 27.5 Å². The van der Waals surface area contributed by atoms with Crippen molar-refractivity contribution in [1.29, 1.82) is 0 Å². The molecule has 0 aromatic heterocycles. The highest BCUT2D eigenvalue weighted by atomic mass is 79.9. The molecule has 0 heterocycles. The summed E-state index contributed by atoms with van der Waals surface area (Å²) in [7, 11) is 0. The van der Waals surface area contributed by atoms with Crippen molar-refractivity contribution in [2.75, 3.05) is 6.54 Å². The van der Waals surface area contributed by atoms with Gasteiger partial charge in [-0.1, -0.05) is 33.6 Å². The van der Waals surface area contributed by atoms with Crippen LogP contribution in [0.5, 0.6) is 0 Å². The molecule has 1 saturated carbocycles. The molecular weight excluding hydrogens is 249 g/mol. The number of halogens is 2. The maximum Gasteiger partial charge on any atom is 0.0452 e. The summed E-state index contributed by atoms with van der Waals surface area (Å²) >= 11 is 9.50. The fourth-order valence-corrected chi connectivity index (χ4v) is 2.50. The Kier molecular flexibility index (Phi) is 2.63. The molecule has 1 aliphatic rings. The second-order valence-electron chi connectivity index (χ2n) is 3.50. The molecule has 1 nitrogen and oxygen atoms in total. The maximum absolute atomic E-state index is 6.12. The van der Waals surface area contributed by atoms with Crippen molar-refractivity contribution < 1.29 is 0 Å². The molecule has 0 bridgehead atoms. The maximum atomic E-state index is 6.12. The molecule has 2 rings (SSSR count). The van der Waals surface area contributed by atoms with Crippen LogP contribution < -0.4 is 5.73 Å². The van der Waals surface area contributed by atoms with E-state index in [2.05, 4.69) is 22.0 Å².